The quantitative estimate of drug-likeness (QED) is 0.796. The van der Waals surface area contributed by atoms with Crippen LogP contribution in [0, 0.1) is 5.92 Å². The molecule has 4 heteroatoms. The topological polar surface area (TPSA) is 23.5 Å². The summed E-state index contributed by atoms with van der Waals surface area (Å²) in [6.45, 7) is 10.9. The molecule has 1 rings (SSSR count). The maximum absolute atomic E-state index is 9.71. The van der Waals surface area contributed by atoms with E-state index in [2.05, 4.69) is 64.5 Å². The molecule has 0 aromatic heterocycles. The van der Waals surface area contributed by atoms with Crippen LogP contribution in [0.5, 0.6) is 5.75 Å². The molecule has 1 aromatic rings. The van der Waals surface area contributed by atoms with Gasteiger partial charge in [-0.2, -0.15) is 0 Å². The van der Waals surface area contributed by atoms with Gasteiger partial charge in [0.2, 0.25) is 0 Å². The van der Waals surface area contributed by atoms with Crippen molar-refractivity contribution in [1.29, 1.82) is 0 Å². The van der Waals surface area contributed by atoms with Crippen molar-refractivity contribution in [3.8, 4) is 5.75 Å². The van der Waals surface area contributed by atoms with E-state index >= 15 is 0 Å². The molecular weight excluding hydrogens is 358 g/mol. The van der Waals surface area contributed by atoms with Crippen LogP contribution in [0.1, 0.15) is 33.3 Å². The molecule has 1 N–H and O–H groups in total. The van der Waals surface area contributed by atoms with E-state index in [0.717, 1.165) is 22.0 Å². The number of phenolic OH excluding ortho intramolecular Hbond substituents is 1. The molecule has 0 heterocycles. The van der Waals surface area contributed by atoms with Gasteiger partial charge in [0.05, 0.1) is 8.95 Å². The van der Waals surface area contributed by atoms with E-state index in [9.17, 15) is 5.11 Å². The minimum Gasteiger partial charge on any atom is -0.506 e. The second kappa shape index (κ2) is 6.92. The summed E-state index contributed by atoms with van der Waals surface area (Å²) >= 11 is 6.75. The van der Waals surface area contributed by atoms with Crippen molar-refractivity contribution < 1.29 is 5.11 Å². The first-order chi connectivity index (χ1) is 8.31. The van der Waals surface area contributed by atoms with Crippen molar-refractivity contribution in [2.75, 3.05) is 6.54 Å². The van der Waals surface area contributed by atoms with Crippen LogP contribution in [-0.4, -0.2) is 22.6 Å². The third-order valence-electron chi connectivity index (χ3n) is 2.79. The Labute approximate surface area is 127 Å². The minimum atomic E-state index is 0.263. The van der Waals surface area contributed by atoms with Gasteiger partial charge in [-0.05, 0) is 69.3 Å². The molecule has 0 fully saturated rings. The molecule has 1 aromatic carbocycles. The van der Waals surface area contributed by atoms with Gasteiger partial charge in [-0.1, -0.05) is 13.8 Å². The maximum atomic E-state index is 9.71. The van der Waals surface area contributed by atoms with Crippen LogP contribution in [-0.2, 0) is 6.54 Å². The Morgan fingerprint density at radius 3 is 2.00 bits per heavy atom. The van der Waals surface area contributed by atoms with Gasteiger partial charge < -0.3 is 5.11 Å². The van der Waals surface area contributed by atoms with E-state index < -0.39 is 0 Å². The van der Waals surface area contributed by atoms with Gasteiger partial charge >= 0.3 is 0 Å². The molecule has 102 valence electrons. The van der Waals surface area contributed by atoms with Gasteiger partial charge in [-0.25, -0.2) is 0 Å². The lowest BCUT2D eigenvalue weighted by Crippen LogP contribution is -2.33. The molecule has 0 aliphatic carbocycles. The summed E-state index contributed by atoms with van der Waals surface area (Å²) in [5.41, 5.74) is 1.20. The van der Waals surface area contributed by atoms with Crippen LogP contribution in [0.3, 0.4) is 0 Å². The lowest BCUT2D eigenvalue weighted by molar-refractivity contribution is 0.189. The summed E-state index contributed by atoms with van der Waals surface area (Å²) in [5, 5.41) is 9.71. The first-order valence-corrected chi connectivity index (χ1v) is 7.80. The second-order valence-corrected chi connectivity index (χ2v) is 7.03. The van der Waals surface area contributed by atoms with Crippen LogP contribution in [0.25, 0.3) is 0 Å². The predicted molar refractivity (Wildman–Crippen MR) is 83.9 cm³/mol. The highest BCUT2D eigenvalue weighted by Gasteiger charge is 2.13. The Morgan fingerprint density at radius 2 is 1.61 bits per heavy atom. The van der Waals surface area contributed by atoms with Crippen molar-refractivity contribution in [1.82, 2.24) is 4.90 Å². The number of aromatic hydroxyl groups is 1. The minimum absolute atomic E-state index is 0.263. The zero-order valence-electron chi connectivity index (χ0n) is 11.4. The SMILES string of the molecule is CC(C)CN(Cc1cc(Br)c(O)c(Br)c1)C(C)C. The smallest absolute Gasteiger partial charge is 0.143 e. The summed E-state index contributed by atoms with van der Waals surface area (Å²) in [6, 6.07) is 4.48. The monoisotopic (exact) mass is 377 g/mol. The summed E-state index contributed by atoms with van der Waals surface area (Å²) in [4.78, 5) is 2.44. The Hall–Kier alpha value is -0.0600. The van der Waals surface area contributed by atoms with Gasteiger partial charge in [-0.3, -0.25) is 4.90 Å². The molecule has 2 nitrogen and oxygen atoms in total. The van der Waals surface area contributed by atoms with Gasteiger partial charge in [0, 0.05) is 19.1 Å². The fourth-order valence-corrected chi connectivity index (χ4v) is 3.15. The number of nitrogens with zero attached hydrogens (tertiary/aromatic N) is 1. The zero-order chi connectivity index (χ0) is 13.9. The third-order valence-corrected chi connectivity index (χ3v) is 4.00. The number of halogens is 2. The molecule has 18 heavy (non-hydrogen) atoms. The van der Waals surface area contributed by atoms with Crippen molar-refractivity contribution in [3.63, 3.8) is 0 Å². The maximum Gasteiger partial charge on any atom is 0.143 e. The fraction of sp³-hybridized carbons (Fsp3) is 0.571. The van der Waals surface area contributed by atoms with Crippen molar-refractivity contribution in [3.05, 3.63) is 26.6 Å². The van der Waals surface area contributed by atoms with Crippen LogP contribution in [0.4, 0.5) is 0 Å². The first kappa shape index (κ1) is 16.0. The van der Waals surface area contributed by atoms with Gasteiger partial charge in [0.1, 0.15) is 5.75 Å². The lowest BCUT2D eigenvalue weighted by atomic mass is 10.1. The molecule has 0 aliphatic heterocycles. The largest absolute Gasteiger partial charge is 0.506 e. The van der Waals surface area contributed by atoms with E-state index in [1.807, 2.05) is 12.1 Å². The van der Waals surface area contributed by atoms with Gasteiger partial charge in [0.25, 0.3) is 0 Å². The predicted octanol–water partition coefficient (Wildman–Crippen LogP) is 4.78. The summed E-state index contributed by atoms with van der Waals surface area (Å²) < 4.78 is 1.47. The molecule has 0 saturated carbocycles. The second-order valence-electron chi connectivity index (χ2n) is 5.33. The molecule has 0 radical (unpaired) electrons. The number of hydrogen-bond donors (Lipinski definition) is 1. The first-order valence-electron chi connectivity index (χ1n) is 6.22. The molecular formula is C14H21Br2NO. The van der Waals surface area contributed by atoms with Crippen LogP contribution >= 0.6 is 31.9 Å². The Kier molecular flexibility index (Phi) is 6.15. The standard InChI is InChI=1S/C14H21Br2NO/c1-9(2)7-17(10(3)4)8-11-5-12(15)14(18)13(16)6-11/h5-6,9-10,18H,7-8H2,1-4H3. The Morgan fingerprint density at radius 1 is 1.11 bits per heavy atom. The highest BCUT2D eigenvalue weighted by atomic mass is 79.9. The van der Waals surface area contributed by atoms with Crippen LogP contribution < -0.4 is 0 Å². The molecule has 0 spiro atoms. The summed E-state index contributed by atoms with van der Waals surface area (Å²) in [5.74, 6) is 0.912. The zero-order valence-corrected chi connectivity index (χ0v) is 14.5. The summed E-state index contributed by atoms with van der Waals surface area (Å²) in [6.07, 6.45) is 0. The number of rotatable bonds is 5. The van der Waals surface area contributed by atoms with E-state index in [4.69, 9.17) is 0 Å². The van der Waals surface area contributed by atoms with Crippen molar-refractivity contribution in [2.24, 2.45) is 5.92 Å². The molecule has 0 saturated heterocycles. The molecule has 0 bridgehead atoms. The number of phenols is 1. The fourth-order valence-electron chi connectivity index (χ4n) is 1.87. The van der Waals surface area contributed by atoms with E-state index in [1.165, 1.54) is 5.56 Å². The summed E-state index contributed by atoms with van der Waals surface area (Å²) in [7, 11) is 0. The molecule has 0 aliphatic rings. The highest BCUT2D eigenvalue weighted by molar-refractivity contribution is 9.11. The Bertz CT molecular complexity index is 382. The normalized spacial score (nSPS) is 11.8. The van der Waals surface area contributed by atoms with Crippen molar-refractivity contribution in [2.45, 2.75) is 40.3 Å². The Balaban J connectivity index is 2.87. The lowest BCUT2D eigenvalue weighted by Gasteiger charge is -2.28. The van der Waals surface area contributed by atoms with E-state index in [-0.39, 0.29) is 5.75 Å². The van der Waals surface area contributed by atoms with Gasteiger partial charge in [-0.15, -0.1) is 0 Å². The van der Waals surface area contributed by atoms with Crippen molar-refractivity contribution >= 4 is 31.9 Å². The van der Waals surface area contributed by atoms with Gasteiger partial charge in [0.15, 0.2) is 0 Å². The van der Waals surface area contributed by atoms with E-state index in [1.54, 1.807) is 0 Å². The van der Waals surface area contributed by atoms with Crippen LogP contribution in [0.2, 0.25) is 0 Å². The van der Waals surface area contributed by atoms with Crippen LogP contribution in [0.15, 0.2) is 21.1 Å². The average molecular weight is 379 g/mol. The number of benzene rings is 1. The average Bonchev–Trinajstić information content (AvgIpc) is 2.24. The number of hydrogen-bond acceptors (Lipinski definition) is 2. The van der Waals surface area contributed by atoms with E-state index in [0.29, 0.717) is 12.0 Å². The third kappa shape index (κ3) is 4.56. The molecule has 0 amide bonds. The highest BCUT2D eigenvalue weighted by Crippen LogP contribution is 2.33. The molecule has 0 atom stereocenters. The molecule has 0 unspecified atom stereocenters.